The van der Waals surface area contributed by atoms with Crippen LogP contribution in [0.3, 0.4) is 0 Å². The first kappa shape index (κ1) is 30.5. The third-order valence-corrected chi connectivity index (χ3v) is 7.05. The lowest BCUT2D eigenvalue weighted by molar-refractivity contribution is -0.360. The maximum Gasteiger partial charge on any atom is 0.303 e. The number of hydrogen-bond acceptors (Lipinski definition) is 11. The molecule has 1 aromatic rings. The van der Waals surface area contributed by atoms with E-state index in [1.54, 1.807) is 25.3 Å². The van der Waals surface area contributed by atoms with E-state index in [-0.39, 0.29) is 11.7 Å². The Morgan fingerprint density at radius 2 is 1.51 bits per heavy atom. The Morgan fingerprint density at radius 1 is 0.897 bits per heavy atom. The average molecular weight is 551 g/mol. The zero-order valence-corrected chi connectivity index (χ0v) is 23.0. The lowest BCUT2D eigenvalue weighted by Crippen LogP contribution is -2.66. The van der Waals surface area contributed by atoms with E-state index in [0.717, 1.165) is 58.4 Å². The second kappa shape index (κ2) is 13.4. The zero-order valence-electron chi connectivity index (χ0n) is 23.0. The Bertz CT molecular complexity index is 1030. The molecule has 1 saturated heterocycles. The number of benzene rings is 1. The standard InChI is InChI=1S/C28H38O11/c1-16(29)35-15-24-25(36-17(2)30)26(37-18(3)31)27(38-19(4)32)28(33,39-24)22-8-6-7-21(14-22)13-20-9-11-23(34-5)12-10-20/h6-8,14,20,23-27,33H,9-13,15H2,1-5H3/t20?,23?,24-,25-,26+,27-,28+/m1/s1. The van der Waals surface area contributed by atoms with Gasteiger partial charge in [0.1, 0.15) is 12.7 Å². The normalized spacial score (nSPS) is 30.6. The molecule has 0 amide bonds. The minimum absolute atomic E-state index is 0.239. The van der Waals surface area contributed by atoms with Gasteiger partial charge < -0.3 is 33.5 Å². The highest BCUT2D eigenvalue weighted by atomic mass is 16.7. The number of carbonyl (C=O) groups excluding carboxylic acids is 4. The van der Waals surface area contributed by atoms with Crippen LogP contribution in [-0.2, 0) is 59.8 Å². The second-order valence-electron chi connectivity index (χ2n) is 10.1. The molecule has 2 aliphatic rings. The molecule has 1 aliphatic carbocycles. The summed E-state index contributed by atoms with van der Waals surface area (Å²) >= 11 is 0. The van der Waals surface area contributed by atoms with Crippen molar-refractivity contribution in [2.24, 2.45) is 5.92 Å². The molecule has 1 aliphatic heterocycles. The van der Waals surface area contributed by atoms with Crippen molar-refractivity contribution in [1.29, 1.82) is 0 Å². The van der Waals surface area contributed by atoms with E-state index in [1.165, 1.54) is 6.92 Å². The molecular formula is C28H38O11. The van der Waals surface area contributed by atoms with Crippen molar-refractivity contribution >= 4 is 23.9 Å². The summed E-state index contributed by atoms with van der Waals surface area (Å²) < 4.78 is 32.9. The van der Waals surface area contributed by atoms with Gasteiger partial charge in [-0.15, -0.1) is 0 Å². The fourth-order valence-corrected chi connectivity index (χ4v) is 5.34. The number of aliphatic hydroxyl groups is 1. The topological polar surface area (TPSA) is 144 Å². The van der Waals surface area contributed by atoms with Crippen LogP contribution in [-0.4, -0.2) is 73.2 Å². The van der Waals surface area contributed by atoms with Gasteiger partial charge in [0, 0.05) is 40.4 Å². The first-order chi connectivity index (χ1) is 18.4. The second-order valence-corrected chi connectivity index (χ2v) is 10.1. The van der Waals surface area contributed by atoms with Gasteiger partial charge in [-0.05, 0) is 43.6 Å². The van der Waals surface area contributed by atoms with E-state index in [9.17, 15) is 24.3 Å². The van der Waals surface area contributed by atoms with Crippen LogP contribution in [0.2, 0.25) is 0 Å². The van der Waals surface area contributed by atoms with Gasteiger partial charge in [0.25, 0.3) is 0 Å². The van der Waals surface area contributed by atoms with Crippen molar-refractivity contribution in [2.45, 2.75) is 96.1 Å². The smallest absolute Gasteiger partial charge is 0.303 e. The van der Waals surface area contributed by atoms with Gasteiger partial charge in [0.15, 0.2) is 12.2 Å². The molecule has 0 aromatic heterocycles. The summed E-state index contributed by atoms with van der Waals surface area (Å²) in [5.74, 6) is -4.85. The van der Waals surface area contributed by atoms with E-state index < -0.39 is 60.7 Å². The van der Waals surface area contributed by atoms with Gasteiger partial charge >= 0.3 is 23.9 Å². The SMILES string of the molecule is COC1CCC(Cc2cccc([C@]3(O)O[C@H](COC(C)=O)[C@@H](OC(C)=O)[C@H](OC(C)=O)[C@H]3OC(C)=O)c2)CC1. The molecular weight excluding hydrogens is 512 g/mol. The lowest BCUT2D eigenvalue weighted by atomic mass is 9.82. The predicted octanol–water partition coefficient (Wildman–Crippen LogP) is 2.34. The number of hydrogen-bond donors (Lipinski definition) is 1. The van der Waals surface area contributed by atoms with Crippen molar-refractivity contribution in [2.75, 3.05) is 13.7 Å². The molecule has 1 aromatic carbocycles. The zero-order chi connectivity index (χ0) is 28.7. The van der Waals surface area contributed by atoms with Crippen molar-refractivity contribution < 1.29 is 52.7 Å². The number of ether oxygens (including phenoxy) is 6. The van der Waals surface area contributed by atoms with Gasteiger partial charge in [-0.2, -0.15) is 0 Å². The van der Waals surface area contributed by atoms with E-state index in [2.05, 4.69) is 0 Å². The Kier molecular flexibility index (Phi) is 10.5. The van der Waals surface area contributed by atoms with Gasteiger partial charge in [0.2, 0.25) is 11.9 Å². The summed E-state index contributed by atoms with van der Waals surface area (Å²) in [6, 6.07) is 7.03. The molecule has 0 bridgehead atoms. The Labute approximate surface area is 228 Å². The van der Waals surface area contributed by atoms with E-state index in [4.69, 9.17) is 28.4 Å². The lowest BCUT2D eigenvalue weighted by Gasteiger charge is -2.48. The molecule has 3 rings (SSSR count). The van der Waals surface area contributed by atoms with Gasteiger partial charge in [-0.3, -0.25) is 19.2 Å². The highest BCUT2D eigenvalue weighted by Crippen LogP contribution is 2.41. The highest BCUT2D eigenvalue weighted by Gasteiger charge is 2.60. The minimum Gasteiger partial charge on any atom is -0.463 e. The largest absolute Gasteiger partial charge is 0.463 e. The molecule has 0 spiro atoms. The molecule has 0 unspecified atom stereocenters. The highest BCUT2D eigenvalue weighted by molar-refractivity contribution is 5.69. The van der Waals surface area contributed by atoms with Gasteiger partial charge in [-0.25, -0.2) is 0 Å². The number of esters is 4. The van der Waals surface area contributed by atoms with Crippen LogP contribution < -0.4 is 0 Å². The summed E-state index contributed by atoms with van der Waals surface area (Å²) in [5.41, 5.74) is 1.16. The van der Waals surface area contributed by atoms with Crippen LogP contribution in [0.25, 0.3) is 0 Å². The molecule has 1 saturated carbocycles. The molecule has 5 atom stereocenters. The van der Waals surface area contributed by atoms with Crippen LogP contribution in [0.1, 0.15) is 64.5 Å². The summed E-state index contributed by atoms with van der Waals surface area (Å²) in [4.78, 5) is 47.8. The molecule has 0 radical (unpaired) electrons. The first-order valence-electron chi connectivity index (χ1n) is 13.1. The summed E-state index contributed by atoms with van der Waals surface area (Å²) in [7, 11) is 1.72. The van der Waals surface area contributed by atoms with Crippen molar-refractivity contribution in [3.63, 3.8) is 0 Å². The van der Waals surface area contributed by atoms with Crippen LogP contribution in [0.4, 0.5) is 0 Å². The Morgan fingerprint density at radius 3 is 2.08 bits per heavy atom. The van der Waals surface area contributed by atoms with Crippen molar-refractivity contribution in [1.82, 2.24) is 0 Å². The first-order valence-corrected chi connectivity index (χ1v) is 13.1. The predicted molar refractivity (Wildman–Crippen MR) is 135 cm³/mol. The molecule has 11 nitrogen and oxygen atoms in total. The fourth-order valence-electron chi connectivity index (χ4n) is 5.34. The van der Waals surface area contributed by atoms with Crippen LogP contribution in [0.15, 0.2) is 24.3 Å². The summed E-state index contributed by atoms with van der Waals surface area (Å²) in [5, 5.41) is 12.0. The number of carbonyl (C=O) groups is 4. The Balaban J connectivity index is 2.01. The van der Waals surface area contributed by atoms with E-state index in [1.807, 2.05) is 6.07 Å². The van der Waals surface area contributed by atoms with Gasteiger partial charge in [0.05, 0.1) is 6.10 Å². The van der Waals surface area contributed by atoms with Gasteiger partial charge in [-0.1, -0.05) is 24.3 Å². The number of rotatable bonds is 9. The van der Waals surface area contributed by atoms with Crippen LogP contribution in [0, 0.1) is 5.92 Å². The van der Waals surface area contributed by atoms with E-state index in [0.29, 0.717) is 5.92 Å². The molecule has 1 N–H and O–H groups in total. The third-order valence-electron chi connectivity index (χ3n) is 7.05. The maximum atomic E-state index is 12.2. The quantitative estimate of drug-likeness (QED) is 0.357. The fraction of sp³-hybridized carbons (Fsp3) is 0.643. The molecule has 1 heterocycles. The van der Waals surface area contributed by atoms with Crippen LogP contribution in [0.5, 0.6) is 0 Å². The molecule has 11 heteroatoms. The third kappa shape index (κ3) is 8.00. The monoisotopic (exact) mass is 550 g/mol. The van der Waals surface area contributed by atoms with Crippen molar-refractivity contribution in [3.8, 4) is 0 Å². The maximum absolute atomic E-state index is 12.2. The van der Waals surface area contributed by atoms with Crippen molar-refractivity contribution in [3.05, 3.63) is 35.4 Å². The molecule has 39 heavy (non-hydrogen) atoms. The molecule has 2 fully saturated rings. The van der Waals surface area contributed by atoms with Crippen LogP contribution >= 0.6 is 0 Å². The molecule has 216 valence electrons. The Hall–Kier alpha value is -3.02. The average Bonchev–Trinajstić information content (AvgIpc) is 2.86. The summed E-state index contributed by atoms with van der Waals surface area (Å²) in [6.45, 7) is 4.15. The number of methoxy groups -OCH3 is 1. The summed E-state index contributed by atoms with van der Waals surface area (Å²) in [6.07, 6.45) is -0.715. The minimum atomic E-state index is -2.34. The van der Waals surface area contributed by atoms with E-state index >= 15 is 0 Å².